The Hall–Kier alpha value is -5.92. The molecular formula is C44H31N. The molecule has 0 spiro atoms. The third-order valence-electron chi connectivity index (χ3n) is 8.64. The number of fused-ring (bicyclic) bond motifs is 2. The number of para-hydroxylation sites is 1. The van der Waals surface area contributed by atoms with Crippen molar-refractivity contribution < 1.29 is 0 Å². The van der Waals surface area contributed by atoms with Crippen LogP contribution >= 0.6 is 0 Å². The molecule has 0 aliphatic heterocycles. The van der Waals surface area contributed by atoms with Crippen LogP contribution in [0.25, 0.3) is 54.9 Å². The van der Waals surface area contributed by atoms with Crippen molar-refractivity contribution in [3.8, 4) is 33.4 Å². The summed E-state index contributed by atoms with van der Waals surface area (Å²) >= 11 is 0. The fourth-order valence-electron chi connectivity index (χ4n) is 6.38. The number of nitrogens with zero attached hydrogens (tertiary/aromatic N) is 1. The zero-order valence-electron chi connectivity index (χ0n) is 24.8. The van der Waals surface area contributed by atoms with Crippen molar-refractivity contribution in [3.63, 3.8) is 0 Å². The first kappa shape index (κ1) is 26.7. The standard InChI is InChI=1S/C44H31N/c1-3-12-32(13-4-1)36-22-24-39-31-37(23-25-38(39)30-36)33-26-28-40(29-27-33)45(44-21-11-17-35-16-7-8-18-42(35)44)43-20-10-9-19-41(43)34-14-5-2-6-15-34/h1-31H. The third-order valence-corrected chi connectivity index (χ3v) is 8.64. The molecule has 0 radical (unpaired) electrons. The molecule has 0 aliphatic rings. The van der Waals surface area contributed by atoms with E-state index in [2.05, 4.69) is 193 Å². The monoisotopic (exact) mass is 573 g/mol. The molecule has 8 rings (SSSR count). The molecule has 0 heterocycles. The van der Waals surface area contributed by atoms with Gasteiger partial charge in [0.15, 0.2) is 0 Å². The summed E-state index contributed by atoms with van der Waals surface area (Å²) in [6.45, 7) is 0. The van der Waals surface area contributed by atoms with Gasteiger partial charge < -0.3 is 4.90 Å². The van der Waals surface area contributed by atoms with Gasteiger partial charge in [0.05, 0.1) is 11.4 Å². The lowest BCUT2D eigenvalue weighted by Gasteiger charge is -2.29. The van der Waals surface area contributed by atoms with E-state index < -0.39 is 0 Å². The van der Waals surface area contributed by atoms with E-state index in [1.165, 1.54) is 54.9 Å². The van der Waals surface area contributed by atoms with E-state index in [0.717, 1.165) is 17.1 Å². The summed E-state index contributed by atoms with van der Waals surface area (Å²) in [4.78, 5) is 2.40. The zero-order valence-corrected chi connectivity index (χ0v) is 24.8. The second kappa shape index (κ2) is 11.6. The second-order valence-corrected chi connectivity index (χ2v) is 11.4. The van der Waals surface area contributed by atoms with Crippen molar-refractivity contribution in [2.75, 3.05) is 4.90 Å². The number of hydrogen-bond acceptors (Lipinski definition) is 1. The van der Waals surface area contributed by atoms with Crippen LogP contribution in [0.5, 0.6) is 0 Å². The zero-order chi connectivity index (χ0) is 30.0. The van der Waals surface area contributed by atoms with Crippen molar-refractivity contribution in [3.05, 3.63) is 188 Å². The van der Waals surface area contributed by atoms with Gasteiger partial charge >= 0.3 is 0 Å². The van der Waals surface area contributed by atoms with Crippen LogP contribution in [0.2, 0.25) is 0 Å². The molecule has 212 valence electrons. The fourth-order valence-corrected chi connectivity index (χ4v) is 6.38. The molecule has 0 bridgehead atoms. The largest absolute Gasteiger partial charge is 0.309 e. The number of anilines is 3. The van der Waals surface area contributed by atoms with Gasteiger partial charge in [-0.2, -0.15) is 0 Å². The summed E-state index contributed by atoms with van der Waals surface area (Å²) in [6.07, 6.45) is 0. The summed E-state index contributed by atoms with van der Waals surface area (Å²) in [5.74, 6) is 0. The van der Waals surface area contributed by atoms with Crippen LogP contribution in [0.15, 0.2) is 188 Å². The molecule has 0 fully saturated rings. The highest BCUT2D eigenvalue weighted by atomic mass is 15.1. The van der Waals surface area contributed by atoms with Crippen LogP contribution in [0.1, 0.15) is 0 Å². The van der Waals surface area contributed by atoms with Gasteiger partial charge in [-0.25, -0.2) is 0 Å². The van der Waals surface area contributed by atoms with Crippen LogP contribution in [0, 0.1) is 0 Å². The van der Waals surface area contributed by atoms with E-state index in [1.807, 2.05) is 0 Å². The van der Waals surface area contributed by atoms with Crippen molar-refractivity contribution in [2.24, 2.45) is 0 Å². The molecule has 8 aromatic carbocycles. The van der Waals surface area contributed by atoms with E-state index in [4.69, 9.17) is 0 Å². The van der Waals surface area contributed by atoms with Gasteiger partial charge in [0.1, 0.15) is 0 Å². The molecule has 0 unspecified atom stereocenters. The summed E-state index contributed by atoms with van der Waals surface area (Å²) in [7, 11) is 0. The Morgan fingerprint density at radius 2 is 0.800 bits per heavy atom. The minimum atomic E-state index is 1.12. The van der Waals surface area contributed by atoms with Gasteiger partial charge in [-0.1, -0.05) is 152 Å². The van der Waals surface area contributed by atoms with E-state index in [9.17, 15) is 0 Å². The lowest BCUT2D eigenvalue weighted by atomic mass is 9.97. The number of hydrogen-bond donors (Lipinski definition) is 0. The topological polar surface area (TPSA) is 3.24 Å². The summed E-state index contributed by atoms with van der Waals surface area (Å²) in [6, 6.07) is 67.6. The predicted molar refractivity (Wildman–Crippen MR) is 192 cm³/mol. The molecule has 45 heavy (non-hydrogen) atoms. The van der Waals surface area contributed by atoms with Gasteiger partial charge in [-0.3, -0.25) is 0 Å². The first-order valence-corrected chi connectivity index (χ1v) is 15.4. The SMILES string of the molecule is c1ccc(-c2ccc3cc(-c4ccc(N(c5ccccc5-c5ccccc5)c5cccc6ccccc56)cc4)ccc3c2)cc1. The normalized spacial score (nSPS) is 11.1. The summed E-state index contributed by atoms with van der Waals surface area (Å²) in [5, 5.41) is 4.93. The average molecular weight is 574 g/mol. The van der Waals surface area contributed by atoms with Crippen LogP contribution in [0.3, 0.4) is 0 Å². The van der Waals surface area contributed by atoms with Crippen molar-refractivity contribution in [1.82, 2.24) is 0 Å². The molecule has 0 saturated heterocycles. The maximum absolute atomic E-state index is 2.40. The highest BCUT2D eigenvalue weighted by molar-refractivity contribution is 6.01. The Balaban J connectivity index is 1.22. The quantitative estimate of drug-likeness (QED) is 0.191. The smallest absolute Gasteiger partial charge is 0.0540 e. The molecule has 1 heteroatoms. The molecule has 0 saturated carbocycles. The van der Waals surface area contributed by atoms with Crippen molar-refractivity contribution in [1.29, 1.82) is 0 Å². The molecule has 1 nitrogen and oxygen atoms in total. The number of rotatable bonds is 6. The first-order valence-electron chi connectivity index (χ1n) is 15.4. The Labute approximate surface area is 264 Å². The molecule has 0 aromatic heterocycles. The molecule has 8 aromatic rings. The second-order valence-electron chi connectivity index (χ2n) is 11.4. The molecule has 0 amide bonds. The molecular weight excluding hydrogens is 542 g/mol. The maximum Gasteiger partial charge on any atom is 0.0540 e. The Kier molecular flexibility index (Phi) is 6.90. The lowest BCUT2D eigenvalue weighted by molar-refractivity contribution is 1.30. The highest BCUT2D eigenvalue weighted by Crippen LogP contribution is 2.43. The minimum absolute atomic E-state index is 1.12. The predicted octanol–water partition coefficient (Wildman–Crippen LogP) is 12.5. The van der Waals surface area contributed by atoms with Crippen LogP contribution in [-0.2, 0) is 0 Å². The minimum Gasteiger partial charge on any atom is -0.309 e. The van der Waals surface area contributed by atoms with Gasteiger partial charge in [0.25, 0.3) is 0 Å². The van der Waals surface area contributed by atoms with Crippen LogP contribution in [-0.4, -0.2) is 0 Å². The van der Waals surface area contributed by atoms with Crippen LogP contribution < -0.4 is 4.90 Å². The fraction of sp³-hybridized carbons (Fsp3) is 0. The van der Waals surface area contributed by atoms with E-state index in [1.54, 1.807) is 0 Å². The molecule has 0 N–H and O–H groups in total. The van der Waals surface area contributed by atoms with E-state index in [-0.39, 0.29) is 0 Å². The lowest BCUT2D eigenvalue weighted by Crippen LogP contribution is -2.11. The van der Waals surface area contributed by atoms with Gasteiger partial charge in [-0.05, 0) is 80.4 Å². The average Bonchev–Trinajstić information content (AvgIpc) is 3.13. The van der Waals surface area contributed by atoms with Gasteiger partial charge in [0.2, 0.25) is 0 Å². The Bertz CT molecular complexity index is 2250. The van der Waals surface area contributed by atoms with Crippen molar-refractivity contribution >= 4 is 38.6 Å². The first-order chi connectivity index (χ1) is 22.3. The summed E-state index contributed by atoms with van der Waals surface area (Å²) < 4.78 is 0. The third kappa shape index (κ3) is 5.15. The maximum atomic E-state index is 2.40. The molecule has 0 atom stereocenters. The number of benzene rings is 8. The Morgan fingerprint density at radius 3 is 1.51 bits per heavy atom. The van der Waals surface area contributed by atoms with Crippen LogP contribution in [0.4, 0.5) is 17.1 Å². The Morgan fingerprint density at radius 1 is 0.289 bits per heavy atom. The molecule has 0 aliphatic carbocycles. The van der Waals surface area contributed by atoms with Gasteiger partial charge in [0, 0.05) is 16.6 Å². The van der Waals surface area contributed by atoms with E-state index >= 15 is 0 Å². The highest BCUT2D eigenvalue weighted by Gasteiger charge is 2.19. The van der Waals surface area contributed by atoms with Crippen molar-refractivity contribution in [2.45, 2.75) is 0 Å². The van der Waals surface area contributed by atoms with Gasteiger partial charge in [-0.15, -0.1) is 0 Å². The van der Waals surface area contributed by atoms with E-state index in [0.29, 0.717) is 0 Å². The summed E-state index contributed by atoms with van der Waals surface area (Å²) in [5.41, 5.74) is 10.7.